The standard InChI is InChI=1S/C10H13N3O3/c14-8-12-1-3-13(4-2-12)10(15)5-9-6-16-7-11-9/h6-8H,1-5H2. The zero-order valence-electron chi connectivity index (χ0n) is 8.83. The Morgan fingerprint density at radius 2 is 2.19 bits per heavy atom. The molecule has 1 aromatic heterocycles. The van der Waals surface area contributed by atoms with Crippen LogP contribution in [0.2, 0.25) is 0 Å². The zero-order valence-corrected chi connectivity index (χ0v) is 8.83. The summed E-state index contributed by atoms with van der Waals surface area (Å²) in [5.74, 6) is 0.0273. The van der Waals surface area contributed by atoms with E-state index in [4.69, 9.17) is 4.42 Å². The molecule has 1 aliphatic rings. The van der Waals surface area contributed by atoms with Crippen molar-refractivity contribution in [2.45, 2.75) is 6.42 Å². The molecule has 2 amide bonds. The van der Waals surface area contributed by atoms with Crippen LogP contribution >= 0.6 is 0 Å². The first-order valence-electron chi connectivity index (χ1n) is 5.14. The van der Waals surface area contributed by atoms with Gasteiger partial charge in [0, 0.05) is 26.2 Å². The Morgan fingerprint density at radius 1 is 1.44 bits per heavy atom. The van der Waals surface area contributed by atoms with Crippen molar-refractivity contribution in [2.75, 3.05) is 26.2 Å². The lowest BCUT2D eigenvalue weighted by Gasteiger charge is -2.32. The summed E-state index contributed by atoms with van der Waals surface area (Å²) in [7, 11) is 0. The SMILES string of the molecule is O=CN1CCN(C(=O)Cc2cocn2)CC1. The lowest BCUT2D eigenvalue weighted by molar-refractivity contribution is -0.134. The monoisotopic (exact) mass is 223 g/mol. The Bertz CT molecular complexity index is 355. The number of nitrogens with zero attached hydrogens (tertiary/aromatic N) is 3. The van der Waals surface area contributed by atoms with Crippen LogP contribution in [0.4, 0.5) is 0 Å². The number of oxazole rings is 1. The van der Waals surface area contributed by atoms with E-state index in [9.17, 15) is 9.59 Å². The van der Waals surface area contributed by atoms with Gasteiger partial charge in [-0.05, 0) is 0 Å². The summed E-state index contributed by atoms with van der Waals surface area (Å²) in [5.41, 5.74) is 0.641. The van der Waals surface area contributed by atoms with Crippen LogP contribution in [0.25, 0.3) is 0 Å². The average molecular weight is 223 g/mol. The van der Waals surface area contributed by atoms with Gasteiger partial charge in [0.15, 0.2) is 6.39 Å². The summed E-state index contributed by atoms with van der Waals surface area (Å²) >= 11 is 0. The number of rotatable bonds is 3. The molecule has 0 spiro atoms. The molecule has 6 nitrogen and oxygen atoms in total. The first-order valence-corrected chi connectivity index (χ1v) is 5.14. The molecule has 1 saturated heterocycles. The summed E-state index contributed by atoms with van der Waals surface area (Å²) < 4.78 is 4.80. The van der Waals surface area contributed by atoms with Gasteiger partial charge < -0.3 is 14.2 Å². The number of hydrogen-bond acceptors (Lipinski definition) is 4. The number of amides is 2. The van der Waals surface area contributed by atoms with Gasteiger partial charge >= 0.3 is 0 Å². The molecule has 16 heavy (non-hydrogen) atoms. The Kier molecular flexibility index (Phi) is 3.19. The minimum atomic E-state index is 0.0273. The summed E-state index contributed by atoms with van der Waals surface area (Å²) in [6.45, 7) is 2.40. The average Bonchev–Trinajstić information content (AvgIpc) is 2.82. The van der Waals surface area contributed by atoms with Crippen LogP contribution in [-0.2, 0) is 16.0 Å². The van der Waals surface area contributed by atoms with Crippen LogP contribution < -0.4 is 0 Å². The first kappa shape index (κ1) is 10.7. The van der Waals surface area contributed by atoms with E-state index in [0.29, 0.717) is 31.9 Å². The van der Waals surface area contributed by atoms with E-state index in [0.717, 1.165) is 6.41 Å². The van der Waals surface area contributed by atoms with Crippen LogP contribution in [-0.4, -0.2) is 53.3 Å². The molecule has 1 aromatic rings. The third-order valence-electron chi connectivity index (χ3n) is 2.63. The third kappa shape index (κ3) is 2.39. The fourth-order valence-electron chi connectivity index (χ4n) is 1.67. The molecule has 1 fully saturated rings. The van der Waals surface area contributed by atoms with Crippen molar-refractivity contribution in [1.82, 2.24) is 14.8 Å². The highest BCUT2D eigenvalue weighted by Gasteiger charge is 2.20. The predicted molar refractivity (Wildman–Crippen MR) is 54.4 cm³/mol. The number of hydrogen-bond donors (Lipinski definition) is 0. The van der Waals surface area contributed by atoms with Crippen molar-refractivity contribution >= 4 is 12.3 Å². The quantitative estimate of drug-likeness (QED) is 0.649. The lowest BCUT2D eigenvalue weighted by Crippen LogP contribution is -2.48. The van der Waals surface area contributed by atoms with Crippen LogP contribution in [0, 0.1) is 0 Å². The van der Waals surface area contributed by atoms with Crippen LogP contribution in [0.15, 0.2) is 17.1 Å². The minimum Gasteiger partial charge on any atom is -0.451 e. The van der Waals surface area contributed by atoms with E-state index in [-0.39, 0.29) is 12.3 Å². The molecule has 0 unspecified atom stereocenters. The highest BCUT2D eigenvalue weighted by atomic mass is 16.3. The summed E-state index contributed by atoms with van der Waals surface area (Å²) in [4.78, 5) is 29.6. The predicted octanol–water partition coefficient (Wildman–Crippen LogP) is -0.482. The molecule has 2 heterocycles. The smallest absolute Gasteiger partial charge is 0.228 e. The molecule has 0 aromatic carbocycles. The van der Waals surface area contributed by atoms with Gasteiger partial charge in [0.05, 0.1) is 12.1 Å². The number of carbonyl (C=O) groups excluding carboxylic acids is 2. The van der Waals surface area contributed by atoms with E-state index in [1.54, 1.807) is 9.80 Å². The van der Waals surface area contributed by atoms with Crippen molar-refractivity contribution < 1.29 is 14.0 Å². The maximum atomic E-state index is 11.8. The highest BCUT2D eigenvalue weighted by molar-refractivity contribution is 5.78. The fraction of sp³-hybridized carbons (Fsp3) is 0.500. The third-order valence-corrected chi connectivity index (χ3v) is 2.63. The van der Waals surface area contributed by atoms with Crippen molar-refractivity contribution in [2.24, 2.45) is 0 Å². The number of aromatic nitrogens is 1. The van der Waals surface area contributed by atoms with Crippen molar-refractivity contribution in [3.8, 4) is 0 Å². The van der Waals surface area contributed by atoms with E-state index >= 15 is 0 Å². The maximum Gasteiger partial charge on any atom is 0.228 e. The van der Waals surface area contributed by atoms with Crippen molar-refractivity contribution in [3.05, 3.63) is 18.4 Å². The van der Waals surface area contributed by atoms with E-state index in [1.165, 1.54) is 12.7 Å². The second-order valence-corrected chi connectivity index (χ2v) is 3.68. The molecule has 0 radical (unpaired) electrons. The summed E-state index contributed by atoms with van der Waals surface area (Å²) in [6.07, 6.45) is 3.86. The zero-order chi connectivity index (χ0) is 11.4. The highest BCUT2D eigenvalue weighted by Crippen LogP contribution is 2.04. The lowest BCUT2D eigenvalue weighted by atomic mass is 10.2. The van der Waals surface area contributed by atoms with Gasteiger partial charge in [0.2, 0.25) is 12.3 Å². The number of carbonyl (C=O) groups is 2. The van der Waals surface area contributed by atoms with Gasteiger partial charge in [-0.1, -0.05) is 0 Å². The Hall–Kier alpha value is -1.85. The van der Waals surface area contributed by atoms with Crippen LogP contribution in [0.1, 0.15) is 5.69 Å². The van der Waals surface area contributed by atoms with E-state index in [2.05, 4.69) is 4.98 Å². The topological polar surface area (TPSA) is 66.7 Å². The summed E-state index contributed by atoms with van der Waals surface area (Å²) in [6, 6.07) is 0. The van der Waals surface area contributed by atoms with Crippen LogP contribution in [0.3, 0.4) is 0 Å². The van der Waals surface area contributed by atoms with Gasteiger partial charge in [-0.15, -0.1) is 0 Å². The molecule has 0 saturated carbocycles. The fourth-order valence-corrected chi connectivity index (χ4v) is 1.67. The first-order chi connectivity index (χ1) is 7.79. The molecule has 86 valence electrons. The molecule has 0 atom stereocenters. The van der Waals surface area contributed by atoms with Crippen molar-refractivity contribution in [1.29, 1.82) is 0 Å². The molecule has 1 aliphatic heterocycles. The van der Waals surface area contributed by atoms with Gasteiger partial charge in [-0.2, -0.15) is 0 Å². The van der Waals surface area contributed by atoms with Crippen LogP contribution in [0.5, 0.6) is 0 Å². The molecular formula is C10H13N3O3. The van der Waals surface area contributed by atoms with Crippen molar-refractivity contribution in [3.63, 3.8) is 0 Å². The molecule has 0 N–H and O–H groups in total. The largest absolute Gasteiger partial charge is 0.451 e. The Morgan fingerprint density at radius 3 is 2.75 bits per heavy atom. The second-order valence-electron chi connectivity index (χ2n) is 3.68. The van der Waals surface area contributed by atoms with E-state index < -0.39 is 0 Å². The molecule has 6 heteroatoms. The van der Waals surface area contributed by atoms with Gasteiger partial charge in [0.1, 0.15) is 6.26 Å². The molecule has 0 aliphatic carbocycles. The van der Waals surface area contributed by atoms with E-state index in [1.807, 2.05) is 0 Å². The van der Waals surface area contributed by atoms with Gasteiger partial charge in [0.25, 0.3) is 0 Å². The molecule has 0 bridgehead atoms. The second kappa shape index (κ2) is 4.78. The Labute approximate surface area is 92.8 Å². The summed E-state index contributed by atoms with van der Waals surface area (Å²) in [5, 5.41) is 0. The Balaban J connectivity index is 1.84. The normalized spacial score (nSPS) is 16.2. The van der Waals surface area contributed by atoms with Gasteiger partial charge in [-0.3, -0.25) is 9.59 Å². The minimum absolute atomic E-state index is 0.0273. The molecule has 2 rings (SSSR count). The molecular weight excluding hydrogens is 210 g/mol. The van der Waals surface area contributed by atoms with Gasteiger partial charge in [-0.25, -0.2) is 4.98 Å². The number of piperazine rings is 1. The maximum absolute atomic E-state index is 11.8.